The molecule has 2 aliphatic rings. The Balaban J connectivity index is 2.10. The van der Waals surface area contributed by atoms with Gasteiger partial charge in [0.15, 0.2) is 0 Å². The fourth-order valence-corrected chi connectivity index (χ4v) is 4.15. The van der Waals surface area contributed by atoms with Gasteiger partial charge in [-0.3, -0.25) is 0 Å². The minimum absolute atomic E-state index is 0.161. The quantitative estimate of drug-likeness (QED) is 0.802. The lowest BCUT2D eigenvalue weighted by atomic mass is 10.0. The van der Waals surface area contributed by atoms with Gasteiger partial charge in [-0.2, -0.15) is 0 Å². The lowest BCUT2D eigenvalue weighted by molar-refractivity contribution is 0.226. The number of carbonyl (C=O) groups excluding carboxylic acids is 1. The van der Waals surface area contributed by atoms with Crippen LogP contribution in [0.4, 0.5) is 10.5 Å². The SMILES string of the molecule is O=C1Nc2ccccc2S(=O)(=O)N1[C@H]1C=CCCC1. The summed E-state index contributed by atoms with van der Waals surface area (Å²) in [6, 6.07) is 5.51. The molecule has 0 unspecified atom stereocenters. The fourth-order valence-electron chi connectivity index (χ4n) is 2.50. The number of sulfonamides is 1. The predicted molar refractivity (Wildman–Crippen MR) is 71.3 cm³/mol. The van der Waals surface area contributed by atoms with Crippen molar-refractivity contribution in [3.63, 3.8) is 0 Å². The van der Waals surface area contributed by atoms with Crippen LogP contribution >= 0.6 is 0 Å². The van der Waals surface area contributed by atoms with Crippen molar-refractivity contribution in [3.05, 3.63) is 36.4 Å². The Hall–Kier alpha value is -1.82. The van der Waals surface area contributed by atoms with E-state index in [0.29, 0.717) is 12.1 Å². The molecule has 6 heteroatoms. The van der Waals surface area contributed by atoms with Crippen molar-refractivity contribution in [2.24, 2.45) is 0 Å². The van der Waals surface area contributed by atoms with Crippen LogP contribution in [0.5, 0.6) is 0 Å². The highest BCUT2D eigenvalue weighted by molar-refractivity contribution is 7.90. The number of nitrogens with one attached hydrogen (secondary N) is 1. The first-order valence-electron chi connectivity index (χ1n) is 6.22. The lowest BCUT2D eigenvalue weighted by Crippen LogP contribution is -2.49. The van der Waals surface area contributed by atoms with Crippen molar-refractivity contribution < 1.29 is 13.2 Å². The fraction of sp³-hybridized carbons (Fsp3) is 0.308. The maximum absolute atomic E-state index is 12.5. The van der Waals surface area contributed by atoms with Crippen LogP contribution in [0.15, 0.2) is 41.3 Å². The van der Waals surface area contributed by atoms with E-state index < -0.39 is 16.1 Å². The Morgan fingerprint density at radius 3 is 2.79 bits per heavy atom. The molecule has 19 heavy (non-hydrogen) atoms. The molecule has 3 rings (SSSR count). The summed E-state index contributed by atoms with van der Waals surface area (Å²) in [6.45, 7) is 0. The van der Waals surface area contributed by atoms with Crippen LogP contribution < -0.4 is 5.32 Å². The summed E-state index contributed by atoms with van der Waals surface area (Å²) in [5.74, 6) is 0. The van der Waals surface area contributed by atoms with Crippen LogP contribution in [0.3, 0.4) is 0 Å². The molecule has 0 radical (unpaired) electrons. The molecule has 1 atom stereocenters. The summed E-state index contributed by atoms with van der Waals surface area (Å²) in [5.41, 5.74) is 0.350. The van der Waals surface area contributed by atoms with Gasteiger partial charge in [-0.05, 0) is 31.4 Å². The first-order chi connectivity index (χ1) is 9.10. The zero-order valence-corrected chi connectivity index (χ0v) is 11.1. The van der Waals surface area contributed by atoms with Gasteiger partial charge in [-0.15, -0.1) is 0 Å². The van der Waals surface area contributed by atoms with E-state index in [1.807, 2.05) is 6.08 Å². The van der Waals surface area contributed by atoms with Gasteiger partial charge in [-0.25, -0.2) is 17.5 Å². The number of carbonyl (C=O) groups is 1. The van der Waals surface area contributed by atoms with E-state index in [9.17, 15) is 13.2 Å². The third kappa shape index (κ3) is 1.92. The van der Waals surface area contributed by atoms with Crippen molar-refractivity contribution >= 4 is 21.7 Å². The van der Waals surface area contributed by atoms with E-state index in [1.165, 1.54) is 6.07 Å². The number of hydrogen-bond donors (Lipinski definition) is 1. The second-order valence-corrected chi connectivity index (χ2v) is 6.44. The van der Waals surface area contributed by atoms with Gasteiger partial charge in [0.1, 0.15) is 4.90 Å². The van der Waals surface area contributed by atoms with Crippen LogP contribution in [-0.2, 0) is 10.0 Å². The van der Waals surface area contributed by atoms with E-state index in [4.69, 9.17) is 0 Å². The number of amides is 2. The highest BCUT2D eigenvalue weighted by atomic mass is 32.2. The molecule has 100 valence electrons. The molecule has 1 heterocycles. The van der Waals surface area contributed by atoms with Crippen LogP contribution in [0.1, 0.15) is 19.3 Å². The van der Waals surface area contributed by atoms with E-state index in [0.717, 1.165) is 17.1 Å². The number of hydrogen-bond acceptors (Lipinski definition) is 3. The van der Waals surface area contributed by atoms with Gasteiger partial charge in [0.05, 0.1) is 11.7 Å². The standard InChI is InChI=1S/C13H14N2O3S/c16-13-14-11-8-4-5-9-12(11)19(17,18)15(13)10-6-2-1-3-7-10/h2,4-6,8-10H,1,3,7H2,(H,14,16)/t10-/m0/s1. The zero-order chi connectivity index (χ0) is 13.5. The number of rotatable bonds is 1. The Labute approximate surface area is 112 Å². The van der Waals surface area contributed by atoms with Gasteiger partial charge in [-0.1, -0.05) is 24.3 Å². The Bertz CT molecular complexity index is 652. The molecule has 1 aliphatic heterocycles. The Kier molecular flexibility index (Phi) is 2.82. The second-order valence-electron chi connectivity index (χ2n) is 4.65. The summed E-state index contributed by atoms with van der Waals surface area (Å²) < 4.78 is 26.1. The van der Waals surface area contributed by atoms with Crippen LogP contribution in [0, 0.1) is 0 Å². The number of allylic oxidation sites excluding steroid dienone is 1. The number of anilines is 1. The van der Waals surface area contributed by atoms with Crippen LogP contribution in [0.25, 0.3) is 0 Å². The number of nitrogens with zero attached hydrogens (tertiary/aromatic N) is 1. The van der Waals surface area contributed by atoms with Crippen LogP contribution in [0.2, 0.25) is 0 Å². The van der Waals surface area contributed by atoms with Gasteiger partial charge >= 0.3 is 6.03 Å². The lowest BCUT2D eigenvalue weighted by Gasteiger charge is -2.34. The smallest absolute Gasteiger partial charge is 0.306 e. The predicted octanol–water partition coefficient (Wildman–Crippen LogP) is 2.33. The average molecular weight is 278 g/mol. The minimum atomic E-state index is -3.76. The number of urea groups is 1. The molecule has 1 aromatic carbocycles. The molecule has 2 amide bonds. The molecule has 1 aliphatic carbocycles. The number of para-hydroxylation sites is 1. The maximum Gasteiger partial charge on any atom is 0.336 e. The molecule has 0 saturated carbocycles. The van der Waals surface area contributed by atoms with Gasteiger partial charge < -0.3 is 5.32 Å². The van der Waals surface area contributed by atoms with E-state index in [1.54, 1.807) is 24.3 Å². The van der Waals surface area contributed by atoms with Gasteiger partial charge in [0.2, 0.25) is 0 Å². The third-order valence-electron chi connectivity index (χ3n) is 3.40. The summed E-state index contributed by atoms with van der Waals surface area (Å²) in [6.07, 6.45) is 6.22. The average Bonchev–Trinajstić information content (AvgIpc) is 2.39. The topological polar surface area (TPSA) is 66.5 Å². The maximum atomic E-state index is 12.5. The Morgan fingerprint density at radius 2 is 2.05 bits per heavy atom. The highest BCUT2D eigenvalue weighted by Gasteiger charge is 2.40. The Morgan fingerprint density at radius 1 is 1.26 bits per heavy atom. The molecule has 1 N–H and O–H groups in total. The molecule has 0 saturated heterocycles. The van der Waals surface area contributed by atoms with Crippen molar-refractivity contribution in [1.82, 2.24) is 4.31 Å². The molecule has 1 aromatic rings. The summed E-state index contributed by atoms with van der Waals surface area (Å²) in [7, 11) is -3.76. The number of benzene rings is 1. The number of fused-ring (bicyclic) bond motifs is 1. The summed E-state index contributed by atoms with van der Waals surface area (Å²) >= 11 is 0. The minimum Gasteiger partial charge on any atom is -0.306 e. The summed E-state index contributed by atoms with van der Waals surface area (Å²) in [4.78, 5) is 12.2. The van der Waals surface area contributed by atoms with Crippen molar-refractivity contribution in [2.75, 3.05) is 5.32 Å². The van der Waals surface area contributed by atoms with E-state index in [2.05, 4.69) is 5.32 Å². The van der Waals surface area contributed by atoms with Crippen LogP contribution in [-0.4, -0.2) is 24.8 Å². The second kappa shape index (κ2) is 4.38. The molecule has 0 aromatic heterocycles. The van der Waals surface area contributed by atoms with Crippen molar-refractivity contribution in [3.8, 4) is 0 Å². The zero-order valence-electron chi connectivity index (χ0n) is 10.2. The molecular formula is C13H14N2O3S. The van der Waals surface area contributed by atoms with Crippen molar-refractivity contribution in [1.29, 1.82) is 0 Å². The van der Waals surface area contributed by atoms with Gasteiger partial charge in [0, 0.05) is 0 Å². The highest BCUT2D eigenvalue weighted by Crippen LogP contribution is 2.33. The molecule has 0 spiro atoms. The molecular weight excluding hydrogens is 264 g/mol. The summed E-state index contributed by atoms with van der Waals surface area (Å²) in [5, 5.41) is 2.64. The molecule has 0 fully saturated rings. The molecule has 5 nitrogen and oxygen atoms in total. The normalized spacial score (nSPS) is 24.7. The van der Waals surface area contributed by atoms with E-state index >= 15 is 0 Å². The third-order valence-corrected chi connectivity index (χ3v) is 5.26. The monoisotopic (exact) mass is 278 g/mol. The van der Waals surface area contributed by atoms with E-state index in [-0.39, 0.29) is 10.9 Å². The molecule has 0 bridgehead atoms. The largest absolute Gasteiger partial charge is 0.336 e. The van der Waals surface area contributed by atoms with Crippen molar-refractivity contribution in [2.45, 2.75) is 30.2 Å². The first kappa shape index (κ1) is 12.2. The van der Waals surface area contributed by atoms with Gasteiger partial charge in [0.25, 0.3) is 10.0 Å². The first-order valence-corrected chi connectivity index (χ1v) is 7.66.